The molecule has 0 saturated heterocycles. The van der Waals surface area contributed by atoms with Crippen LogP contribution in [0.1, 0.15) is 10.5 Å². The lowest BCUT2D eigenvalue weighted by Crippen LogP contribution is -2.19. The Morgan fingerprint density at radius 1 is 0.643 bits per heavy atom. The molecule has 4 rings (SSSR count). The minimum atomic E-state index is -0.356. The number of fused-ring (bicyclic) bond motifs is 1. The first-order chi connectivity index (χ1) is 13.7. The Morgan fingerprint density at radius 2 is 1.29 bits per heavy atom. The van der Waals surface area contributed by atoms with Crippen LogP contribution in [0.25, 0.3) is 10.9 Å². The molecule has 0 spiro atoms. The number of H-pyrrole nitrogens is 1. The van der Waals surface area contributed by atoms with E-state index in [0.29, 0.717) is 22.8 Å². The van der Waals surface area contributed by atoms with Crippen LogP contribution in [-0.4, -0.2) is 16.9 Å². The average Bonchev–Trinajstić information content (AvgIpc) is 3.13. The fourth-order valence-electron chi connectivity index (χ4n) is 2.88. The Kier molecular flexibility index (Phi) is 4.76. The molecule has 0 aliphatic rings. The zero-order valence-corrected chi connectivity index (χ0v) is 14.9. The summed E-state index contributed by atoms with van der Waals surface area (Å²) in [4.78, 5) is 27.7. The molecule has 138 valence electrons. The number of urea groups is 1. The Balaban J connectivity index is 1.43. The van der Waals surface area contributed by atoms with Crippen molar-refractivity contribution in [1.82, 2.24) is 4.98 Å². The lowest BCUT2D eigenvalue weighted by atomic mass is 10.2. The number of aromatic amines is 1. The van der Waals surface area contributed by atoms with Crippen LogP contribution in [0.2, 0.25) is 0 Å². The number of anilines is 3. The molecular weight excluding hydrogens is 352 g/mol. The maximum Gasteiger partial charge on any atom is 0.323 e. The van der Waals surface area contributed by atoms with Crippen molar-refractivity contribution in [1.29, 1.82) is 0 Å². The zero-order valence-electron chi connectivity index (χ0n) is 14.9. The van der Waals surface area contributed by atoms with Crippen LogP contribution in [0.4, 0.5) is 21.9 Å². The highest BCUT2D eigenvalue weighted by molar-refractivity contribution is 6.06. The van der Waals surface area contributed by atoms with Crippen LogP contribution in [0.15, 0.2) is 84.9 Å². The van der Waals surface area contributed by atoms with Gasteiger partial charge >= 0.3 is 6.03 Å². The minimum Gasteiger partial charge on any atom is -0.351 e. The van der Waals surface area contributed by atoms with Gasteiger partial charge in [-0.3, -0.25) is 4.79 Å². The smallest absolute Gasteiger partial charge is 0.323 e. The highest BCUT2D eigenvalue weighted by atomic mass is 16.2. The van der Waals surface area contributed by atoms with E-state index in [4.69, 9.17) is 0 Å². The average molecular weight is 370 g/mol. The number of rotatable bonds is 4. The minimum absolute atomic E-state index is 0.248. The van der Waals surface area contributed by atoms with Crippen molar-refractivity contribution in [3.8, 4) is 0 Å². The molecule has 0 unspecified atom stereocenters. The van der Waals surface area contributed by atoms with Crippen molar-refractivity contribution >= 4 is 39.9 Å². The number of carbonyl (C=O) groups excluding carboxylic acids is 2. The van der Waals surface area contributed by atoms with Crippen LogP contribution < -0.4 is 16.0 Å². The molecule has 6 nitrogen and oxygen atoms in total. The lowest BCUT2D eigenvalue weighted by molar-refractivity contribution is 0.102. The van der Waals surface area contributed by atoms with Gasteiger partial charge in [-0.2, -0.15) is 0 Å². The quantitative estimate of drug-likeness (QED) is 0.404. The van der Waals surface area contributed by atoms with Crippen LogP contribution >= 0.6 is 0 Å². The van der Waals surface area contributed by atoms with E-state index in [2.05, 4.69) is 20.9 Å². The van der Waals surface area contributed by atoms with E-state index in [1.54, 1.807) is 42.5 Å². The predicted octanol–water partition coefficient (Wildman–Crippen LogP) is 5.06. The Hall–Kier alpha value is -4.06. The SMILES string of the molecule is O=C(Nc1ccccc1)Nc1cccc(NC(=O)c2cc3ccccc3[nH]2)c1. The summed E-state index contributed by atoms with van der Waals surface area (Å²) >= 11 is 0. The number of hydrogen-bond acceptors (Lipinski definition) is 2. The summed E-state index contributed by atoms with van der Waals surface area (Å²) in [6.45, 7) is 0. The molecule has 1 aromatic heterocycles. The molecular formula is C22H18N4O2. The summed E-state index contributed by atoms with van der Waals surface area (Å²) in [5, 5.41) is 9.32. The fourth-order valence-corrected chi connectivity index (χ4v) is 2.88. The van der Waals surface area contributed by atoms with Crippen molar-refractivity contribution in [3.63, 3.8) is 0 Å². The molecule has 28 heavy (non-hydrogen) atoms. The summed E-state index contributed by atoms with van der Waals surface area (Å²) in [5.41, 5.74) is 3.23. The van der Waals surface area contributed by atoms with Gasteiger partial charge in [-0.15, -0.1) is 0 Å². The van der Waals surface area contributed by atoms with E-state index in [-0.39, 0.29) is 11.9 Å². The van der Waals surface area contributed by atoms with Crippen LogP contribution in [-0.2, 0) is 0 Å². The molecule has 0 saturated carbocycles. The van der Waals surface area contributed by atoms with E-state index in [1.165, 1.54) is 0 Å². The number of nitrogens with one attached hydrogen (secondary N) is 4. The molecule has 0 aliphatic heterocycles. The molecule has 0 fully saturated rings. The maximum atomic E-state index is 12.5. The van der Waals surface area contributed by atoms with Gasteiger partial charge in [0, 0.05) is 28.0 Å². The zero-order chi connectivity index (χ0) is 19.3. The van der Waals surface area contributed by atoms with Gasteiger partial charge < -0.3 is 20.9 Å². The van der Waals surface area contributed by atoms with Crippen molar-refractivity contribution in [2.45, 2.75) is 0 Å². The third-order valence-corrected chi connectivity index (χ3v) is 4.18. The second-order valence-electron chi connectivity index (χ2n) is 6.25. The summed E-state index contributed by atoms with van der Waals surface area (Å²) in [6.07, 6.45) is 0. The lowest BCUT2D eigenvalue weighted by Gasteiger charge is -2.09. The summed E-state index contributed by atoms with van der Waals surface area (Å²) in [5.74, 6) is -0.248. The van der Waals surface area contributed by atoms with Crippen LogP contribution in [0.3, 0.4) is 0 Å². The number of carbonyl (C=O) groups is 2. The topological polar surface area (TPSA) is 86.0 Å². The molecule has 3 amide bonds. The first-order valence-corrected chi connectivity index (χ1v) is 8.79. The predicted molar refractivity (Wildman–Crippen MR) is 112 cm³/mol. The molecule has 0 aliphatic carbocycles. The van der Waals surface area contributed by atoms with Crippen LogP contribution in [0.5, 0.6) is 0 Å². The molecule has 6 heteroatoms. The van der Waals surface area contributed by atoms with E-state index >= 15 is 0 Å². The number of benzene rings is 3. The molecule has 0 radical (unpaired) electrons. The van der Waals surface area contributed by atoms with Gasteiger partial charge in [0.1, 0.15) is 5.69 Å². The molecule has 1 heterocycles. The van der Waals surface area contributed by atoms with E-state index < -0.39 is 0 Å². The first-order valence-electron chi connectivity index (χ1n) is 8.79. The van der Waals surface area contributed by atoms with Crippen LogP contribution in [0, 0.1) is 0 Å². The number of hydrogen-bond donors (Lipinski definition) is 4. The highest BCUT2D eigenvalue weighted by Gasteiger charge is 2.10. The van der Waals surface area contributed by atoms with E-state index in [0.717, 1.165) is 10.9 Å². The Bertz CT molecular complexity index is 1100. The molecule has 4 N–H and O–H groups in total. The molecule has 3 aromatic carbocycles. The number of amides is 3. The molecule has 4 aromatic rings. The first kappa shape index (κ1) is 17.4. The van der Waals surface area contributed by atoms with Crippen molar-refractivity contribution in [2.75, 3.05) is 16.0 Å². The van der Waals surface area contributed by atoms with Gasteiger partial charge in [0.25, 0.3) is 5.91 Å². The van der Waals surface area contributed by atoms with Crippen molar-refractivity contribution in [2.24, 2.45) is 0 Å². The Labute approximate surface area is 161 Å². The monoisotopic (exact) mass is 370 g/mol. The standard InChI is InChI=1S/C22H18N4O2/c27-21(20-13-15-7-4-5-12-19(15)26-20)23-17-10-6-11-18(14-17)25-22(28)24-16-8-2-1-3-9-16/h1-14,26H,(H,23,27)(H2,24,25,28). The Morgan fingerprint density at radius 3 is 2.07 bits per heavy atom. The third kappa shape index (κ3) is 4.02. The van der Waals surface area contributed by atoms with Gasteiger partial charge in [-0.05, 0) is 42.5 Å². The normalized spacial score (nSPS) is 10.4. The fraction of sp³-hybridized carbons (Fsp3) is 0. The third-order valence-electron chi connectivity index (χ3n) is 4.18. The maximum absolute atomic E-state index is 12.5. The van der Waals surface area contributed by atoms with Crippen molar-refractivity contribution in [3.05, 3.63) is 90.6 Å². The van der Waals surface area contributed by atoms with E-state index in [9.17, 15) is 9.59 Å². The van der Waals surface area contributed by atoms with Crippen molar-refractivity contribution < 1.29 is 9.59 Å². The van der Waals surface area contributed by atoms with Gasteiger partial charge in [-0.25, -0.2) is 4.79 Å². The summed E-state index contributed by atoms with van der Waals surface area (Å²) < 4.78 is 0. The summed E-state index contributed by atoms with van der Waals surface area (Å²) in [6, 6.07) is 25.3. The largest absolute Gasteiger partial charge is 0.351 e. The van der Waals surface area contributed by atoms with Gasteiger partial charge in [0.15, 0.2) is 0 Å². The molecule has 0 bridgehead atoms. The second kappa shape index (κ2) is 7.67. The number of aromatic nitrogens is 1. The highest BCUT2D eigenvalue weighted by Crippen LogP contribution is 2.19. The van der Waals surface area contributed by atoms with E-state index in [1.807, 2.05) is 42.5 Å². The summed E-state index contributed by atoms with van der Waals surface area (Å²) in [7, 11) is 0. The van der Waals surface area contributed by atoms with Gasteiger partial charge in [0.2, 0.25) is 0 Å². The second-order valence-corrected chi connectivity index (χ2v) is 6.25. The molecule has 0 atom stereocenters. The number of para-hydroxylation sites is 2. The van der Waals surface area contributed by atoms with Gasteiger partial charge in [-0.1, -0.05) is 42.5 Å². The van der Waals surface area contributed by atoms with Gasteiger partial charge in [0.05, 0.1) is 0 Å².